The predicted molar refractivity (Wildman–Crippen MR) is 89.0 cm³/mol. The van der Waals surface area contributed by atoms with Gasteiger partial charge in [-0.15, -0.1) is 0 Å². The molecule has 0 unspecified atom stereocenters. The lowest BCUT2D eigenvalue weighted by molar-refractivity contribution is -0.385. The third kappa shape index (κ3) is 5.47. The van der Waals surface area contributed by atoms with Crippen LogP contribution in [0.3, 0.4) is 0 Å². The molecule has 0 saturated carbocycles. The number of benzene rings is 1. The molecule has 0 aliphatic carbocycles. The lowest BCUT2D eigenvalue weighted by atomic mass is 10.1. The van der Waals surface area contributed by atoms with E-state index in [1.54, 1.807) is 19.1 Å². The van der Waals surface area contributed by atoms with Crippen molar-refractivity contribution in [3.63, 3.8) is 0 Å². The highest BCUT2D eigenvalue weighted by atomic mass is 16.7. The molecule has 132 valence electrons. The first-order chi connectivity index (χ1) is 11.6. The molecule has 1 aromatic rings. The molecule has 1 heterocycles. The van der Waals surface area contributed by atoms with Crippen molar-refractivity contribution in [3.05, 3.63) is 33.9 Å². The monoisotopic (exact) mass is 337 g/mol. The molecular weight excluding hydrogens is 314 g/mol. The first-order valence-electron chi connectivity index (χ1n) is 8.10. The number of carbonyl (C=O) groups excluding carboxylic acids is 1. The Morgan fingerprint density at radius 2 is 2.29 bits per heavy atom. The highest BCUT2D eigenvalue weighted by Crippen LogP contribution is 2.24. The lowest BCUT2D eigenvalue weighted by Gasteiger charge is -2.22. The summed E-state index contributed by atoms with van der Waals surface area (Å²) in [6, 6.07) is 4.18. The molecule has 24 heavy (non-hydrogen) atoms. The SMILES string of the molecule is Cc1c(NC(=O)NCCCO[C@H]2CCCCO2)cccc1[N+](=O)[O-]. The standard InChI is InChI=1S/C16H23N3O5/c1-12-13(6-4-7-14(12)19(21)22)18-16(20)17-9-5-11-24-15-8-2-3-10-23-15/h4,6-7,15H,2-3,5,8-11H2,1H3,(H2,17,18,20)/t15-/m0/s1. The summed E-state index contributed by atoms with van der Waals surface area (Å²) < 4.78 is 11.0. The number of hydrogen-bond donors (Lipinski definition) is 2. The average Bonchev–Trinajstić information content (AvgIpc) is 2.57. The zero-order chi connectivity index (χ0) is 17.4. The molecular formula is C16H23N3O5. The Hall–Kier alpha value is -2.19. The van der Waals surface area contributed by atoms with Crippen molar-refractivity contribution in [1.82, 2.24) is 5.32 Å². The van der Waals surface area contributed by atoms with E-state index in [2.05, 4.69) is 10.6 Å². The number of rotatable bonds is 7. The Morgan fingerprint density at radius 3 is 3.00 bits per heavy atom. The van der Waals surface area contributed by atoms with Crippen molar-refractivity contribution in [3.8, 4) is 0 Å². The molecule has 0 aromatic heterocycles. The van der Waals surface area contributed by atoms with Crippen LogP contribution in [-0.2, 0) is 9.47 Å². The molecule has 2 amide bonds. The Kier molecular flexibility index (Phi) is 6.95. The lowest BCUT2D eigenvalue weighted by Crippen LogP contribution is -2.31. The largest absolute Gasteiger partial charge is 0.353 e. The van der Waals surface area contributed by atoms with Gasteiger partial charge in [-0.05, 0) is 38.7 Å². The van der Waals surface area contributed by atoms with Gasteiger partial charge in [-0.2, -0.15) is 0 Å². The van der Waals surface area contributed by atoms with Gasteiger partial charge in [-0.3, -0.25) is 10.1 Å². The number of hydrogen-bond acceptors (Lipinski definition) is 5. The number of urea groups is 1. The maximum atomic E-state index is 11.9. The van der Waals surface area contributed by atoms with E-state index in [9.17, 15) is 14.9 Å². The number of ether oxygens (including phenoxy) is 2. The van der Waals surface area contributed by atoms with Gasteiger partial charge in [-0.1, -0.05) is 6.07 Å². The van der Waals surface area contributed by atoms with Crippen LogP contribution in [0.15, 0.2) is 18.2 Å². The summed E-state index contributed by atoms with van der Waals surface area (Å²) in [5, 5.41) is 16.2. The van der Waals surface area contributed by atoms with Crippen molar-refractivity contribution in [2.75, 3.05) is 25.1 Å². The van der Waals surface area contributed by atoms with Gasteiger partial charge in [0.1, 0.15) is 0 Å². The maximum absolute atomic E-state index is 11.9. The van der Waals surface area contributed by atoms with E-state index in [1.165, 1.54) is 6.07 Å². The molecule has 1 aliphatic rings. The number of nitro benzene ring substituents is 1. The van der Waals surface area contributed by atoms with Gasteiger partial charge in [0.05, 0.1) is 22.8 Å². The zero-order valence-corrected chi connectivity index (χ0v) is 13.7. The smallest absolute Gasteiger partial charge is 0.319 e. The van der Waals surface area contributed by atoms with E-state index in [-0.39, 0.29) is 12.0 Å². The summed E-state index contributed by atoms with van der Waals surface area (Å²) >= 11 is 0. The second kappa shape index (κ2) is 9.19. The van der Waals surface area contributed by atoms with Crippen LogP contribution in [0.25, 0.3) is 0 Å². The number of nitrogens with zero attached hydrogens (tertiary/aromatic N) is 1. The van der Waals surface area contributed by atoms with E-state index in [4.69, 9.17) is 9.47 Å². The molecule has 8 nitrogen and oxygen atoms in total. The number of nitro groups is 1. The van der Waals surface area contributed by atoms with Crippen molar-refractivity contribution in [2.24, 2.45) is 0 Å². The number of carbonyl (C=O) groups is 1. The van der Waals surface area contributed by atoms with E-state index in [0.717, 1.165) is 25.9 Å². The highest BCUT2D eigenvalue weighted by molar-refractivity contribution is 5.90. The summed E-state index contributed by atoms with van der Waals surface area (Å²) in [6.07, 6.45) is 3.66. The zero-order valence-electron chi connectivity index (χ0n) is 13.7. The van der Waals surface area contributed by atoms with Crippen molar-refractivity contribution in [2.45, 2.75) is 38.9 Å². The van der Waals surface area contributed by atoms with Crippen molar-refractivity contribution in [1.29, 1.82) is 0 Å². The molecule has 0 bridgehead atoms. The Labute approximate surface area is 140 Å². The van der Waals surface area contributed by atoms with Crippen LogP contribution >= 0.6 is 0 Å². The quantitative estimate of drug-likeness (QED) is 0.452. The van der Waals surface area contributed by atoms with Gasteiger partial charge in [0.15, 0.2) is 6.29 Å². The third-order valence-electron chi connectivity index (χ3n) is 3.80. The fraction of sp³-hybridized carbons (Fsp3) is 0.562. The molecule has 0 spiro atoms. The van der Waals surface area contributed by atoms with Gasteiger partial charge in [0.2, 0.25) is 0 Å². The number of nitrogens with one attached hydrogen (secondary N) is 2. The third-order valence-corrected chi connectivity index (χ3v) is 3.80. The van der Waals surface area contributed by atoms with Crippen LogP contribution in [0, 0.1) is 17.0 Å². The maximum Gasteiger partial charge on any atom is 0.319 e. The van der Waals surface area contributed by atoms with Crippen LogP contribution in [0.4, 0.5) is 16.2 Å². The molecule has 1 aliphatic heterocycles. The van der Waals surface area contributed by atoms with Gasteiger partial charge >= 0.3 is 6.03 Å². The van der Waals surface area contributed by atoms with E-state index in [0.29, 0.717) is 30.8 Å². The minimum absolute atomic E-state index is 0.0197. The molecule has 8 heteroatoms. The second-order valence-corrected chi connectivity index (χ2v) is 5.61. The van der Waals surface area contributed by atoms with Crippen molar-refractivity contribution >= 4 is 17.4 Å². The summed E-state index contributed by atoms with van der Waals surface area (Å²) in [7, 11) is 0. The van der Waals surface area contributed by atoms with Crippen molar-refractivity contribution < 1.29 is 19.2 Å². The summed E-state index contributed by atoms with van der Waals surface area (Å²) in [4.78, 5) is 22.3. The molecule has 1 atom stereocenters. The van der Waals surface area contributed by atoms with Gasteiger partial charge in [0.25, 0.3) is 5.69 Å². The van der Waals surface area contributed by atoms with Crippen LogP contribution in [-0.4, -0.2) is 37.0 Å². The molecule has 1 saturated heterocycles. The number of amides is 2. The molecule has 2 rings (SSSR count). The summed E-state index contributed by atoms with van der Waals surface area (Å²) in [5.74, 6) is 0. The predicted octanol–water partition coefficient (Wildman–Crippen LogP) is 2.96. The van der Waals surface area contributed by atoms with Crippen LogP contribution in [0.1, 0.15) is 31.2 Å². The van der Waals surface area contributed by atoms with E-state index in [1.807, 2.05) is 0 Å². The van der Waals surface area contributed by atoms with Crippen LogP contribution in [0.2, 0.25) is 0 Å². The minimum Gasteiger partial charge on any atom is -0.353 e. The second-order valence-electron chi connectivity index (χ2n) is 5.61. The topological polar surface area (TPSA) is 103 Å². The van der Waals surface area contributed by atoms with Crippen LogP contribution < -0.4 is 10.6 Å². The summed E-state index contributed by atoms with van der Waals surface area (Å²) in [6.45, 7) is 3.31. The summed E-state index contributed by atoms with van der Waals surface area (Å²) in [5.41, 5.74) is 0.831. The molecule has 1 aromatic carbocycles. The first kappa shape index (κ1) is 18.2. The van der Waals surface area contributed by atoms with Crippen LogP contribution in [0.5, 0.6) is 0 Å². The number of anilines is 1. The molecule has 2 N–H and O–H groups in total. The fourth-order valence-electron chi connectivity index (χ4n) is 2.45. The Morgan fingerprint density at radius 1 is 1.46 bits per heavy atom. The van der Waals surface area contributed by atoms with E-state index >= 15 is 0 Å². The Balaban J connectivity index is 1.68. The highest BCUT2D eigenvalue weighted by Gasteiger charge is 2.15. The minimum atomic E-state index is -0.469. The normalized spacial score (nSPS) is 17.3. The van der Waals surface area contributed by atoms with Gasteiger partial charge in [-0.25, -0.2) is 4.79 Å². The van der Waals surface area contributed by atoms with E-state index < -0.39 is 11.0 Å². The Bertz CT molecular complexity index is 573. The molecule has 1 fully saturated rings. The van der Waals surface area contributed by atoms with Gasteiger partial charge in [0, 0.05) is 19.2 Å². The van der Waals surface area contributed by atoms with Gasteiger partial charge < -0.3 is 20.1 Å². The fourth-order valence-corrected chi connectivity index (χ4v) is 2.45. The molecule has 0 radical (unpaired) electrons. The first-order valence-corrected chi connectivity index (χ1v) is 8.10. The average molecular weight is 337 g/mol.